The van der Waals surface area contributed by atoms with E-state index in [1.165, 1.54) is 4.31 Å². The van der Waals surface area contributed by atoms with Crippen LogP contribution in [0.25, 0.3) is 0 Å². The summed E-state index contributed by atoms with van der Waals surface area (Å²) in [6.45, 7) is 2.47. The Bertz CT molecular complexity index is 541. The second kappa shape index (κ2) is 5.82. The molecule has 0 saturated carbocycles. The van der Waals surface area contributed by atoms with E-state index in [2.05, 4.69) is 11.8 Å². The van der Waals surface area contributed by atoms with Gasteiger partial charge in [0.15, 0.2) is 0 Å². The minimum Gasteiger partial charge on any atom is -0.320 e. The van der Waals surface area contributed by atoms with Crippen LogP contribution in [0.15, 0.2) is 29.2 Å². The molecule has 0 aliphatic heterocycles. The van der Waals surface area contributed by atoms with Crippen molar-refractivity contribution in [3.63, 3.8) is 0 Å². The Morgan fingerprint density at radius 2 is 2.12 bits per heavy atom. The summed E-state index contributed by atoms with van der Waals surface area (Å²) in [5, 5.41) is 0. The smallest absolute Gasteiger partial charge is 0.242 e. The largest absolute Gasteiger partial charge is 0.320 e. The molecule has 0 unspecified atom stereocenters. The number of nitrogens with zero attached hydrogens (tertiary/aromatic N) is 1. The summed E-state index contributed by atoms with van der Waals surface area (Å²) in [6.07, 6.45) is 0. The van der Waals surface area contributed by atoms with Crippen LogP contribution in [0.5, 0.6) is 0 Å². The molecule has 1 rings (SSSR count). The summed E-state index contributed by atoms with van der Waals surface area (Å²) >= 11 is 0. The first-order chi connectivity index (χ1) is 8.02. The average molecular weight is 252 g/mol. The fourth-order valence-corrected chi connectivity index (χ4v) is 2.46. The summed E-state index contributed by atoms with van der Waals surface area (Å²) < 4.78 is 25.4. The Hall–Kier alpha value is -1.35. The Morgan fingerprint density at radius 3 is 2.71 bits per heavy atom. The summed E-state index contributed by atoms with van der Waals surface area (Å²) in [4.78, 5) is 0.255. The number of sulfonamides is 1. The van der Waals surface area contributed by atoms with Crippen LogP contribution in [-0.4, -0.2) is 32.9 Å². The highest BCUT2D eigenvalue weighted by Gasteiger charge is 2.18. The van der Waals surface area contributed by atoms with Crippen LogP contribution in [0.2, 0.25) is 0 Å². The van der Waals surface area contributed by atoms with Gasteiger partial charge in [-0.25, -0.2) is 12.7 Å². The first kappa shape index (κ1) is 13.7. The first-order valence-corrected chi connectivity index (χ1v) is 6.71. The number of rotatable bonds is 3. The van der Waals surface area contributed by atoms with Crippen molar-refractivity contribution in [2.45, 2.75) is 11.8 Å². The molecule has 1 aromatic rings. The molecule has 0 spiro atoms. The lowest BCUT2D eigenvalue weighted by molar-refractivity contribution is 0.486. The van der Waals surface area contributed by atoms with E-state index in [1.807, 2.05) is 0 Å². The van der Waals surface area contributed by atoms with Crippen molar-refractivity contribution < 1.29 is 8.42 Å². The molecule has 5 heteroatoms. The van der Waals surface area contributed by atoms with Crippen LogP contribution in [0.3, 0.4) is 0 Å². The summed E-state index contributed by atoms with van der Waals surface area (Å²) in [5.74, 6) is 5.51. The molecule has 0 fully saturated rings. The SMILES string of the molecule is CCN(C)S(=O)(=O)c1cccc(C#CCN)c1. The normalized spacial score (nSPS) is 11.1. The van der Waals surface area contributed by atoms with Crippen molar-refractivity contribution >= 4 is 10.0 Å². The van der Waals surface area contributed by atoms with Crippen molar-refractivity contribution in [2.24, 2.45) is 5.73 Å². The van der Waals surface area contributed by atoms with Crippen molar-refractivity contribution in [2.75, 3.05) is 20.1 Å². The van der Waals surface area contributed by atoms with E-state index in [-0.39, 0.29) is 11.4 Å². The second-order valence-corrected chi connectivity index (χ2v) is 5.50. The predicted octanol–water partition coefficient (Wildman–Crippen LogP) is 0.637. The van der Waals surface area contributed by atoms with Gasteiger partial charge in [0.05, 0.1) is 11.4 Å². The Labute approximate surface area is 102 Å². The van der Waals surface area contributed by atoms with Crippen LogP contribution in [0.4, 0.5) is 0 Å². The standard InChI is InChI=1S/C12H16N2O2S/c1-3-14(2)17(15,16)12-8-4-6-11(10-12)7-5-9-13/h4,6,8,10H,3,9,13H2,1-2H3. The zero-order valence-electron chi connectivity index (χ0n) is 9.97. The van der Waals surface area contributed by atoms with Gasteiger partial charge < -0.3 is 5.73 Å². The molecule has 0 aliphatic carbocycles. The quantitative estimate of drug-likeness (QED) is 0.803. The lowest BCUT2D eigenvalue weighted by atomic mass is 10.2. The van der Waals surface area contributed by atoms with Crippen molar-refractivity contribution in [1.82, 2.24) is 4.31 Å². The highest BCUT2D eigenvalue weighted by Crippen LogP contribution is 2.15. The van der Waals surface area contributed by atoms with E-state index in [4.69, 9.17) is 5.73 Å². The molecule has 1 aromatic carbocycles. The molecule has 4 nitrogen and oxygen atoms in total. The van der Waals surface area contributed by atoms with Gasteiger partial charge in [-0.05, 0) is 18.2 Å². The van der Waals surface area contributed by atoms with E-state index in [0.29, 0.717) is 12.1 Å². The number of hydrogen-bond donors (Lipinski definition) is 1. The van der Waals surface area contributed by atoms with Gasteiger partial charge in [0, 0.05) is 19.2 Å². The molecule has 0 aliphatic rings. The average Bonchev–Trinajstić information content (AvgIpc) is 2.35. The topological polar surface area (TPSA) is 63.4 Å². The molecule has 0 heterocycles. The van der Waals surface area contributed by atoms with Gasteiger partial charge in [-0.15, -0.1) is 0 Å². The van der Waals surface area contributed by atoms with E-state index < -0.39 is 10.0 Å². The zero-order chi connectivity index (χ0) is 12.9. The molecule has 0 saturated heterocycles. The molecule has 0 radical (unpaired) electrons. The fourth-order valence-electron chi connectivity index (χ4n) is 1.24. The molecule has 0 atom stereocenters. The Morgan fingerprint density at radius 1 is 1.41 bits per heavy atom. The summed E-state index contributed by atoms with van der Waals surface area (Å²) in [7, 11) is -1.85. The van der Waals surface area contributed by atoms with Gasteiger partial charge in [0.2, 0.25) is 10.0 Å². The molecule has 0 amide bonds. The first-order valence-electron chi connectivity index (χ1n) is 5.27. The lowest BCUT2D eigenvalue weighted by Gasteiger charge is -2.14. The van der Waals surface area contributed by atoms with Crippen LogP contribution in [0, 0.1) is 11.8 Å². The third-order valence-electron chi connectivity index (χ3n) is 2.32. The molecule has 92 valence electrons. The lowest BCUT2D eigenvalue weighted by Crippen LogP contribution is -2.26. The predicted molar refractivity (Wildman–Crippen MR) is 67.9 cm³/mol. The van der Waals surface area contributed by atoms with Gasteiger partial charge >= 0.3 is 0 Å². The minimum atomic E-state index is -3.40. The molecular formula is C12H16N2O2S. The van der Waals surface area contributed by atoms with Crippen molar-refractivity contribution in [3.05, 3.63) is 29.8 Å². The Balaban J connectivity index is 3.16. The molecule has 2 N–H and O–H groups in total. The van der Waals surface area contributed by atoms with Crippen LogP contribution in [-0.2, 0) is 10.0 Å². The number of benzene rings is 1. The van der Waals surface area contributed by atoms with E-state index >= 15 is 0 Å². The van der Waals surface area contributed by atoms with Gasteiger partial charge in [-0.2, -0.15) is 0 Å². The second-order valence-electron chi connectivity index (χ2n) is 3.45. The number of nitrogens with two attached hydrogens (primary N) is 1. The van der Waals surface area contributed by atoms with E-state index in [1.54, 1.807) is 38.2 Å². The van der Waals surface area contributed by atoms with E-state index in [9.17, 15) is 8.42 Å². The monoisotopic (exact) mass is 252 g/mol. The number of hydrogen-bond acceptors (Lipinski definition) is 3. The van der Waals surface area contributed by atoms with Crippen LogP contribution in [0.1, 0.15) is 12.5 Å². The highest BCUT2D eigenvalue weighted by molar-refractivity contribution is 7.89. The maximum absolute atomic E-state index is 12.0. The fraction of sp³-hybridized carbons (Fsp3) is 0.333. The maximum Gasteiger partial charge on any atom is 0.242 e. The Kier molecular flexibility index (Phi) is 4.70. The van der Waals surface area contributed by atoms with E-state index in [0.717, 1.165) is 0 Å². The molecule has 17 heavy (non-hydrogen) atoms. The molecule has 0 bridgehead atoms. The zero-order valence-corrected chi connectivity index (χ0v) is 10.8. The highest BCUT2D eigenvalue weighted by atomic mass is 32.2. The van der Waals surface area contributed by atoms with Gasteiger partial charge in [-0.3, -0.25) is 0 Å². The summed E-state index contributed by atoms with van der Waals surface area (Å²) in [6, 6.07) is 6.56. The third kappa shape index (κ3) is 3.30. The van der Waals surface area contributed by atoms with Crippen LogP contribution >= 0.6 is 0 Å². The van der Waals surface area contributed by atoms with Crippen molar-refractivity contribution in [1.29, 1.82) is 0 Å². The molecular weight excluding hydrogens is 236 g/mol. The van der Waals surface area contributed by atoms with Crippen LogP contribution < -0.4 is 5.73 Å². The van der Waals surface area contributed by atoms with Gasteiger partial charge in [0.1, 0.15) is 0 Å². The molecule has 0 aromatic heterocycles. The van der Waals surface area contributed by atoms with Crippen molar-refractivity contribution in [3.8, 4) is 11.8 Å². The minimum absolute atomic E-state index is 0.255. The third-order valence-corrected chi connectivity index (χ3v) is 4.25. The van der Waals surface area contributed by atoms with Gasteiger partial charge in [0.25, 0.3) is 0 Å². The maximum atomic E-state index is 12.0. The van der Waals surface area contributed by atoms with Gasteiger partial charge in [-0.1, -0.05) is 24.8 Å². The summed E-state index contributed by atoms with van der Waals surface area (Å²) in [5.41, 5.74) is 5.92.